The first-order valence-corrected chi connectivity index (χ1v) is 8.14. The molecule has 0 spiro atoms. The zero-order chi connectivity index (χ0) is 16.8. The van der Waals surface area contributed by atoms with Crippen LogP contribution in [-0.2, 0) is 9.53 Å². The van der Waals surface area contributed by atoms with Crippen LogP contribution in [0.15, 0.2) is 24.3 Å². The van der Waals surface area contributed by atoms with Gasteiger partial charge >= 0.3 is 5.97 Å². The highest BCUT2D eigenvalue weighted by Gasteiger charge is 2.29. The van der Waals surface area contributed by atoms with Crippen molar-refractivity contribution in [1.29, 1.82) is 0 Å². The van der Waals surface area contributed by atoms with Crippen molar-refractivity contribution in [2.75, 3.05) is 6.61 Å². The SMILES string of the molecule is CC(C)CCCOC(=O)CC(c1ccc(O)cc1)C(C)(C)C. The number of esters is 1. The highest BCUT2D eigenvalue weighted by Crippen LogP contribution is 2.38. The maximum absolute atomic E-state index is 12.1. The molecule has 0 bridgehead atoms. The van der Waals surface area contributed by atoms with Gasteiger partial charge in [0.2, 0.25) is 0 Å². The first-order valence-electron chi connectivity index (χ1n) is 8.14. The number of phenols is 1. The summed E-state index contributed by atoms with van der Waals surface area (Å²) in [6.45, 7) is 11.2. The average molecular weight is 306 g/mol. The molecule has 1 atom stereocenters. The Bertz CT molecular complexity index is 455. The lowest BCUT2D eigenvalue weighted by atomic mass is 9.74. The quantitative estimate of drug-likeness (QED) is 0.576. The molecule has 1 aromatic carbocycles. The number of phenolic OH excluding ortho intramolecular Hbond substituents is 1. The van der Waals surface area contributed by atoms with Crippen molar-refractivity contribution in [2.24, 2.45) is 11.3 Å². The molecule has 0 aliphatic heterocycles. The summed E-state index contributed by atoms with van der Waals surface area (Å²) in [4.78, 5) is 12.1. The molecule has 0 fully saturated rings. The molecule has 3 heteroatoms. The van der Waals surface area contributed by atoms with Gasteiger partial charge in [-0.05, 0) is 47.8 Å². The number of ether oxygens (including phenoxy) is 1. The van der Waals surface area contributed by atoms with Gasteiger partial charge in [0.15, 0.2) is 0 Å². The lowest BCUT2D eigenvalue weighted by Gasteiger charge is -2.30. The Hall–Kier alpha value is -1.51. The summed E-state index contributed by atoms with van der Waals surface area (Å²) < 4.78 is 5.37. The normalized spacial score (nSPS) is 13.2. The van der Waals surface area contributed by atoms with Gasteiger partial charge in [-0.2, -0.15) is 0 Å². The highest BCUT2D eigenvalue weighted by atomic mass is 16.5. The number of rotatable bonds is 7. The van der Waals surface area contributed by atoms with E-state index in [-0.39, 0.29) is 23.1 Å². The number of carbonyl (C=O) groups is 1. The van der Waals surface area contributed by atoms with Crippen LogP contribution in [0.3, 0.4) is 0 Å². The molecule has 0 radical (unpaired) electrons. The molecule has 0 saturated heterocycles. The third-order valence-corrected chi connectivity index (χ3v) is 3.90. The van der Waals surface area contributed by atoms with Gasteiger partial charge in [-0.15, -0.1) is 0 Å². The molecule has 124 valence electrons. The van der Waals surface area contributed by atoms with Crippen LogP contribution in [0.4, 0.5) is 0 Å². The number of hydrogen-bond acceptors (Lipinski definition) is 3. The van der Waals surface area contributed by atoms with E-state index in [1.54, 1.807) is 12.1 Å². The van der Waals surface area contributed by atoms with E-state index in [9.17, 15) is 9.90 Å². The minimum Gasteiger partial charge on any atom is -0.508 e. The third-order valence-electron chi connectivity index (χ3n) is 3.90. The Kier molecular flexibility index (Phi) is 6.92. The Morgan fingerprint density at radius 3 is 2.27 bits per heavy atom. The topological polar surface area (TPSA) is 46.5 Å². The van der Waals surface area contributed by atoms with Crippen molar-refractivity contribution in [3.8, 4) is 5.75 Å². The van der Waals surface area contributed by atoms with Crippen LogP contribution in [-0.4, -0.2) is 17.7 Å². The van der Waals surface area contributed by atoms with Crippen molar-refractivity contribution in [3.05, 3.63) is 29.8 Å². The largest absolute Gasteiger partial charge is 0.508 e. The summed E-state index contributed by atoms with van der Waals surface area (Å²) in [5.41, 5.74) is 1.01. The Balaban J connectivity index is 2.62. The van der Waals surface area contributed by atoms with Gasteiger partial charge in [-0.25, -0.2) is 0 Å². The van der Waals surface area contributed by atoms with Crippen LogP contribution in [0.1, 0.15) is 65.4 Å². The van der Waals surface area contributed by atoms with Crippen LogP contribution in [0.5, 0.6) is 5.75 Å². The maximum Gasteiger partial charge on any atom is 0.306 e. The summed E-state index contributed by atoms with van der Waals surface area (Å²) >= 11 is 0. The van der Waals surface area contributed by atoms with E-state index in [2.05, 4.69) is 34.6 Å². The van der Waals surface area contributed by atoms with E-state index in [4.69, 9.17) is 4.74 Å². The van der Waals surface area contributed by atoms with Crippen molar-refractivity contribution >= 4 is 5.97 Å². The molecule has 1 rings (SSSR count). The third kappa shape index (κ3) is 6.50. The average Bonchev–Trinajstić information content (AvgIpc) is 2.41. The fourth-order valence-electron chi connectivity index (χ4n) is 2.53. The van der Waals surface area contributed by atoms with Crippen molar-refractivity contribution in [1.82, 2.24) is 0 Å². The molecular weight excluding hydrogens is 276 g/mol. The van der Waals surface area contributed by atoms with E-state index < -0.39 is 0 Å². The van der Waals surface area contributed by atoms with Crippen LogP contribution in [0.25, 0.3) is 0 Å². The lowest BCUT2D eigenvalue weighted by molar-refractivity contribution is -0.145. The molecule has 22 heavy (non-hydrogen) atoms. The van der Waals surface area contributed by atoms with E-state index in [0.29, 0.717) is 18.9 Å². The van der Waals surface area contributed by atoms with Gasteiger partial charge in [-0.3, -0.25) is 4.79 Å². The molecule has 0 aromatic heterocycles. The van der Waals surface area contributed by atoms with E-state index in [1.807, 2.05) is 12.1 Å². The Labute approximate surface area is 134 Å². The van der Waals surface area contributed by atoms with Crippen molar-refractivity contribution in [2.45, 2.75) is 59.8 Å². The first-order chi connectivity index (χ1) is 10.2. The molecule has 0 aliphatic carbocycles. The summed E-state index contributed by atoms with van der Waals surface area (Å²) in [5.74, 6) is 0.813. The fraction of sp³-hybridized carbons (Fsp3) is 0.632. The second-order valence-electron chi connectivity index (χ2n) is 7.47. The van der Waals surface area contributed by atoms with Crippen LogP contribution in [0.2, 0.25) is 0 Å². The number of hydrogen-bond donors (Lipinski definition) is 1. The summed E-state index contributed by atoms with van der Waals surface area (Å²) in [6.07, 6.45) is 2.37. The zero-order valence-corrected chi connectivity index (χ0v) is 14.6. The minimum absolute atomic E-state index is 0.0477. The molecule has 0 saturated carbocycles. The van der Waals surface area contributed by atoms with Gasteiger partial charge in [-0.1, -0.05) is 46.8 Å². The predicted molar refractivity (Wildman–Crippen MR) is 90.0 cm³/mol. The van der Waals surface area contributed by atoms with E-state index >= 15 is 0 Å². The van der Waals surface area contributed by atoms with Crippen molar-refractivity contribution < 1.29 is 14.6 Å². The van der Waals surface area contributed by atoms with Crippen LogP contribution in [0, 0.1) is 11.3 Å². The number of benzene rings is 1. The summed E-state index contributed by atoms with van der Waals surface area (Å²) in [6, 6.07) is 7.11. The minimum atomic E-state index is -0.142. The van der Waals surface area contributed by atoms with Gasteiger partial charge < -0.3 is 9.84 Å². The standard InChI is InChI=1S/C19H30O3/c1-14(2)7-6-12-22-18(21)13-17(19(3,4)5)15-8-10-16(20)11-9-15/h8-11,14,17,20H,6-7,12-13H2,1-5H3. The van der Waals surface area contributed by atoms with Crippen LogP contribution >= 0.6 is 0 Å². The molecule has 3 nitrogen and oxygen atoms in total. The summed E-state index contributed by atoms with van der Waals surface area (Å²) in [7, 11) is 0. The summed E-state index contributed by atoms with van der Waals surface area (Å²) in [5, 5.41) is 9.42. The second-order valence-corrected chi connectivity index (χ2v) is 7.47. The highest BCUT2D eigenvalue weighted by molar-refractivity contribution is 5.70. The molecule has 1 aromatic rings. The fourth-order valence-corrected chi connectivity index (χ4v) is 2.53. The number of carbonyl (C=O) groups excluding carboxylic acids is 1. The maximum atomic E-state index is 12.1. The van der Waals surface area contributed by atoms with Gasteiger partial charge in [0.05, 0.1) is 13.0 Å². The van der Waals surface area contributed by atoms with E-state index in [0.717, 1.165) is 18.4 Å². The predicted octanol–water partition coefficient (Wildman–Crippen LogP) is 4.89. The Morgan fingerprint density at radius 1 is 1.18 bits per heavy atom. The molecular formula is C19H30O3. The lowest BCUT2D eigenvalue weighted by Crippen LogP contribution is -2.22. The second kappa shape index (κ2) is 8.21. The van der Waals surface area contributed by atoms with Gasteiger partial charge in [0.1, 0.15) is 5.75 Å². The molecule has 1 unspecified atom stereocenters. The smallest absolute Gasteiger partial charge is 0.306 e. The van der Waals surface area contributed by atoms with Gasteiger partial charge in [0.25, 0.3) is 0 Å². The van der Waals surface area contributed by atoms with E-state index in [1.165, 1.54) is 0 Å². The van der Waals surface area contributed by atoms with Crippen LogP contribution < -0.4 is 0 Å². The number of aromatic hydroxyl groups is 1. The zero-order valence-electron chi connectivity index (χ0n) is 14.6. The first kappa shape index (κ1) is 18.5. The molecule has 0 amide bonds. The monoisotopic (exact) mass is 306 g/mol. The van der Waals surface area contributed by atoms with Gasteiger partial charge in [0, 0.05) is 0 Å². The van der Waals surface area contributed by atoms with Crippen molar-refractivity contribution in [3.63, 3.8) is 0 Å². The molecule has 0 heterocycles. The molecule has 0 aliphatic rings. The molecule has 1 N–H and O–H groups in total. The Morgan fingerprint density at radius 2 is 1.77 bits per heavy atom.